The molecular weight excluding hydrogens is 338 g/mol. The molecule has 0 saturated carbocycles. The predicted molar refractivity (Wildman–Crippen MR) is 99.3 cm³/mol. The number of aromatic hydroxyl groups is 1. The van der Waals surface area contributed by atoms with Gasteiger partial charge in [-0.05, 0) is 35.9 Å². The van der Waals surface area contributed by atoms with Gasteiger partial charge in [0.2, 0.25) is 11.8 Å². The van der Waals surface area contributed by atoms with E-state index in [0.29, 0.717) is 29.0 Å². The Hall–Kier alpha value is -3.12. The third-order valence-electron chi connectivity index (χ3n) is 3.81. The fourth-order valence-corrected chi connectivity index (χ4v) is 2.67. The molecule has 0 atom stereocenters. The number of allylic oxidation sites excluding steroid dienone is 1. The highest BCUT2D eigenvalue weighted by Crippen LogP contribution is 2.31. The second kappa shape index (κ2) is 6.41. The van der Waals surface area contributed by atoms with Crippen molar-refractivity contribution >= 4 is 41.2 Å². The fourth-order valence-electron chi connectivity index (χ4n) is 2.55. The Morgan fingerprint density at radius 1 is 1.20 bits per heavy atom. The molecule has 0 unspecified atom stereocenters. The normalized spacial score (nSPS) is 14.0. The van der Waals surface area contributed by atoms with Gasteiger partial charge in [-0.2, -0.15) is 4.98 Å². The van der Waals surface area contributed by atoms with Gasteiger partial charge in [0.25, 0.3) is 0 Å². The number of halogens is 1. The zero-order valence-corrected chi connectivity index (χ0v) is 13.8. The van der Waals surface area contributed by atoms with Crippen LogP contribution in [0.15, 0.2) is 47.6 Å². The third kappa shape index (κ3) is 3.25. The van der Waals surface area contributed by atoms with Gasteiger partial charge in [-0.25, -0.2) is 9.98 Å². The number of rotatable bonds is 4. The van der Waals surface area contributed by atoms with Crippen LogP contribution in [0.3, 0.4) is 0 Å². The number of aliphatic imine (C=N–C) groups is 1. The quantitative estimate of drug-likeness (QED) is 0.662. The number of benzene rings is 1. The molecule has 0 bridgehead atoms. The Labute approximate surface area is 149 Å². The maximum Gasteiger partial charge on any atom is 0.238 e. The first-order valence-electron chi connectivity index (χ1n) is 7.67. The first-order valence-corrected chi connectivity index (χ1v) is 8.05. The van der Waals surface area contributed by atoms with Gasteiger partial charge in [-0.1, -0.05) is 23.7 Å². The SMILES string of the molecule is Oc1nc(NCc2ccc(Cl)cc2)[nH]c1C=C1C=Nc2ncccc21. The number of aromatic nitrogens is 3. The van der Waals surface area contributed by atoms with Crippen molar-refractivity contribution in [3.8, 4) is 5.88 Å². The van der Waals surface area contributed by atoms with Gasteiger partial charge in [0, 0.05) is 35.1 Å². The molecule has 0 radical (unpaired) electrons. The van der Waals surface area contributed by atoms with Crippen LogP contribution in [-0.2, 0) is 6.54 Å². The monoisotopic (exact) mass is 351 g/mol. The number of fused-ring (bicyclic) bond motifs is 1. The van der Waals surface area contributed by atoms with Crippen molar-refractivity contribution in [2.45, 2.75) is 6.54 Å². The molecular formula is C18H14ClN5O. The molecule has 2 aromatic heterocycles. The van der Waals surface area contributed by atoms with Crippen molar-refractivity contribution in [3.63, 3.8) is 0 Å². The lowest BCUT2D eigenvalue weighted by Gasteiger charge is -2.02. The maximum absolute atomic E-state index is 10.1. The second-order valence-electron chi connectivity index (χ2n) is 5.54. The average Bonchev–Trinajstić information content (AvgIpc) is 3.19. The van der Waals surface area contributed by atoms with Crippen molar-refractivity contribution in [3.05, 3.63) is 64.4 Å². The van der Waals surface area contributed by atoms with E-state index in [9.17, 15) is 5.11 Å². The molecule has 0 aliphatic carbocycles. The van der Waals surface area contributed by atoms with E-state index in [2.05, 4.69) is 25.3 Å². The number of pyridine rings is 1. The zero-order valence-electron chi connectivity index (χ0n) is 13.1. The molecule has 25 heavy (non-hydrogen) atoms. The lowest BCUT2D eigenvalue weighted by Crippen LogP contribution is -2.00. The van der Waals surface area contributed by atoms with Crippen LogP contribution in [0.2, 0.25) is 5.02 Å². The number of nitrogens with zero attached hydrogens (tertiary/aromatic N) is 3. The summed E-state index contributed by atoms with van der Waals surface area (Å²) in [6.07, 6.45) is 5.22. The molecule has 0 amide bonds. The van der Waals surface area contributed by atoms with Gasteiger partial charge >= 0.3 is 0 Å². The summed E-state index contributed by atoms with van der Waals surface area (Å²) in [5.41, 5.74) is 3.36. The summed E-state index contributed by atoms with van der Waals surface area (Å²) in [4.78, 5) is 15.6. The van der Waals surface area contributed by atoms with Crippen LogP contribution >= 0.6 is 11.6 Å². The number of imidazole rings is 1. The van der Waals surface area contributed by atoms with E-state index in [4.69, 9.17) is 11.6 Å². The van der Waals surface area contributed by atoms with Crippen molar-refractivity contribution < 1.29 is 5.11 Å². The summed E-state index contributed by atoms with van der Waals surface area (Å²) >= 11 is 5.88. The largest absolute Gasteiger partial charge is 0.492 e. The van der Waals surface area contributed by atoms with E-state index >= 15 is 0 Å². The Morgan fingerprint density at radius 3 is 2.88 bits per heavy atom. The molecule has 124 valence electrons. The summed E-state index contributed by atoms with van der Waals surface area (Å²) in [5, 5.41) is 13.9. The lowest BCUT2D eigenvalue weighted by atomic mass is 10.1. The van der Waals surface area contributed by atoms with Crippen LogP contribution in [0.1, 0.15) is 16.8 Å². The molecule has 1 aromatic carbocycles. The Bertz CT molecular complexity index is 975. The van der Waals surface area contributed by atoms with Gasteiger partial charge in [-0.3, -0.25) is 0 Å². The van der Waals surface area contributed by atoms with Gasteiger partial charge in [0.15, 0.2) is 5.82 Å². The van der Waals surface area contributed by atoms with Crippen molar-refractivity contribution in [1.29, 1.82) is 0 Å². The van der Waals surface area contributed by atoms with Crippen LogP contribution in [0.25, 0.3) is 11.6 Å². The zero-order chi connectivity index (χ0) is 17.2. The highest BCUT2D eigenvalue weighted by molar-refractivity contribution is 6.30. The fraction of sp³-hybridized carbons (Fsp3) is 0.0556. The van der Waals surface area contributed by atoms with Crippen LogP contribution in [0.5, 0.6) is 5.88 Å². The minimum Gasteiger partial charge on any atom is -0.492 e. The van der Waals surface area contributed by atoms with Crippen LogP contribution in [-0.4, -0.2) is 26.3 Å². The number of nitrogens with one attached hydrogen (secondary N) is 2. The van der Waals surface area contributed by atoms with E-state index in [0.717, 1.165) is 16.7 Å². The smallest absolute Gasteiger partial charge is 0.238 e. The van der Waals surface area contributed by atoms with Gasteiger partial charge in [0.1, 0.15) is 5.69 Å². The van der Waals surface area contributed by atoms with E-state index in [1.807, 2.05) is 36.4 Å². The first-order chi connectivity index (χ1) is 12.2. The molecule has 4 rings (SSSR count). The molecule has 1 aliphatic heterocycles. The summed E-state index contributed by atoms with van der Waals surface area (Å²) in [7, 11) is 0. The summed E-state index contributed by atoms with van der Waals surface area (Å²) < 4.78 is 0. The van der Waals surface area contributed by atoms with E-state index in [1.54, 1.807) is 18.5 Å². The highest BCUT2D eigenvalue weighted by atomic mass is 35.5. The number of hydrogen-bond acceptors (Lipinski definition) is 5. The average molecular weight is 352 g/mol. The predicted octanol–water partition coefficient (Wildman–Crippen LogP) is 4.03. The third-order valence-corrected chi connectivity index (χ3v) is 4.06. The molecule has 0 spiro atoms. The second-order valence-corrected chi connectivity index (χ2v) is 5.97. The minimum absolute atomic E-state index is 0.0724. The maximum atomic E-state index is 10.1. The molecule has 6 nitrogen and oxygen atoms in total. The van der Waals surface area contributed by atoms with E-state index in [-0.39, 0.29) is 5.88 Å². The Kier molecular flexibility index (Phi) is 3.95. The minimum atomic E-state index is -0.0724. The van der Waals surface area contributed by atoms with Crippen LogP contribution < -0.4 is 5.32 Å². The topological polar surface area (TPSA) is 86.2 Å². The lowest BCUT2D eigenvalue weighted by molar-refractivity contribution is 0.455. The summed E-state index contributed by atoms with van der Waals surface area (Å²) in [6, 6.07) is 11.3. The van der Waals surface area contributed by atoms with Crippen LogP contribution in [0.4, 0.5) is 11.8 Å². The summed E-state index contributed by atoms with van der Waals surface area (Å²) in [5.74, 6) is 1.09. The number of aromatic amines is 1. The standard InChI is InChI=1S/C18H14ClN5O/c19-13-5-3-11(4-6-13)9-22-18-23-15(17(25)24-18)8-12-10-21-16-14(12)2-1-7-20-16/h1-8,10,25H,9H2,(H2,22,23,24). The molecule has 3 aromatic rings. The Balaban J connectivity index is 1.52. The van der Waals surface area contributed by atoms with Gasteiger partial charge in [0.05, 0.1) is 0 Å². The molecule has 1 aliphatic rings. The Morgan fingerprint density at radius 2 is 2.04 bits per heavy atom. The van der Waals surface area contributed by atoms with Crippen molar-refractivity contribution in [1.82, 2.24) is 15.0 Å². The summed E-state index contributed by atoms with van der Waals surface area (Å²) in [6.45, 7) is 0.564. The molecule has 0 fully saturated rings. The highest BCUT2D eigenvalue weighted by Gasteiger charge is 2.14. The van der Waals surface area contributed by atoms with E-state index in [1.165, 1.54) is 0 Å². The van der Waals surface area contributed by atoms with Gasteiger partial charge < -0.3 is 15.4 Å². The van der Waals surface area contributed by atoms with Crippen molar-refractivity contribution in [2.75, 3.05) is 5.32 Å². The number of H-pyrrole nitrogens is 1. The number of anilines is 1. The first kappa shape index (κ1) is 15.4. The van der Waals surface area contributed by atoms with Gasteiger partial charge in [-0.15, -0.1) is 0 Å². The molecule has 3 N–H and O–H groups in total. The van der Waals surface area contributed by atoms with Crippen molar-refractivity contribution in [2.24, 2.45) is 4.99 Å². The molecule has 3 heterocycles. The number of hydrogen-bond donors (Lipinski definition) is 3. The van der Waals surface area contributed by atoms with Crippen LogP contribution in [0, 0.1) is 0 Å². The van der Waals surface area contributed by atoms with E-state index < -0.39 is 0 Å². The molecule has 0 saturated heterocycles. The molecule has 7 heteroatoms.